The highest BCUT2D eigenvalue weighted by Gasteiger charge is 2.29. The van der Waals surface area contributed by atoms with Crippen LogP contribution in [0.3, 0.4) is 0 Å². The van der Waals surface area contributed by atoms with E-state index in [1.54, 1.807) is 0 Å². The van der Waals surface area contributed by atoms with Crippen LogP contribution < -0.4 is 0 Å². The van der Waals surface area contributed by atoms with E-state index < -0.39 is 0 Å². The summed E-state index contributed by atoms with van der Waals surface area (Å²) in [5, 5.41) is 23.4. The summed E-state index contributed by atoms with van der Waals surface area (Å²) >= 11 is 0. The molecule has 0 unspecified atom stereocenters. The van der Waals surface area contributed by atoms with Crippen LogP contribution in [-0.4, -0.2) is 48.6 Å². The highest BCUT2D eigenvalue weighted by Crippen LogP contribution is 2.50. The molecule has 0 bridgehead atoms. The van der Waals surface area contributed by atoms with E-state index in [9.17, 15) is 0 Å². The summed E-state index contributed by atoms with van der Waals surface area (Å²) in [4.78, 5) is 36.2. The van der Waals surface area contributed by atoms with Crippen molar-refractivity contribution in [1.29, 1.82) is 0 Å². The molecule has 9 heterocycles. The molecule has 0 saturated heterocycles. The van der Waals surface area contributed by atoms with E-state index in [-0.39, 0.29) is 0 Å². The number of para-hydroxylation sites is 6. The molecule has 0 aliphatic heterocycles. The van der Waals surface area contributed by atoms with Gasteiger partial charge in [-0.2, -0.15) is 19.9 Å². The number of fused-ring (bicyclic) bond motifs is 10. The predicted octanol–water partition coefficient (Wildman–Crippen LogP) is 35.4. The van der Waals surface area contributed by atoms with E-state index in [0.717, 1.165) is 210 Å². The van der Waals surface area contributed by atoms with Gasteiger partial charge in [-0.3, -0.25) is 13.7 Å². The first-order valence-corrected chi connectivity index (χ1v) is 49.9. The van der Waals surface area contributed by atoms with Gasteiger partial charge in [0.2, 0.25) is 11.9 Å². The lowest BCUT2D eigenvalue weighted by atomic mass is 9.96. The Morgan fingerprint density at radius 2 is 0.432 bits per heavy atom. The third-order valence-corrected chi connectivity index (χ3v) is 29.6. The summed E-state index contributed by atoms with van der Waals surface area (Å²) in [6, 6.07) is 168. The molecule has 0 atom stereocenters. The summed E-state index contributed by atoms with van der Waals surface area (Å²) < 4.78 is 26.3. The average molecular weight is 1890 g/mol. The van der Waals surface area contributed by atoms with Crippen molar-refractivity contribution in [2.24, 2.45) is 0 Å². The van der Waals surface area contributed by atoms with Crippen LogP contribution in [0, 0.1) is 0 Å². The second-order valence-electron chi connectivity index (χ2n) is 38.0. The van der Waals surface area contributed by atoms with E-state index in [0.29, 0.717) is 35.2 Å². The van der Waals surface area contributed by atoms with Crippen LogP contribution >= 0.6 is 0 Å². The average Bonchev–Trinajstić information content (AvgIpc) is 1.55. The molecular formula is C135H80N10O3. The first-order chi connectivity index (χ1) is 73.4. The van der Waals surface area contributed by atoms with Gasteiger partial charge in [0, 0.05) is 121 Å². The molecule has 0 aliphatic carbocycles. The van der Waals surface area contributed by atoms with Crippen molar-refractivity contribution in [3.63, 3.8) is 0 Å². The quantitative estimate of drug-likeness (QED) is 0.102. The summed E-state index contributed by atoms with van der Waals surface area (Å²) in [5.41, 5.74) is 28.8. The van der Waals surface area contributed by atoms with Gasteiger partial charge in [-0.05, 0) is 155 Å². The van der Waals surface area contributed by atoms with Crippen LogP contribution in [0.1, 0.15) is 0 Å². The van der Waals surface area contributed by atoms with Gasteiger partial charge in [0.25, 0.3) is 0 Å². The maximum Gasteiger partial charge on any atom is 0.238 e. The SMILES string of the molecule is c1ccc(-c2ccc(-c3nc(-c4ccc(-c5ccccc5)cc4)nc(-n4c5cccc6ccc7cc(-c8cccc9c8oc8ccccc89)cc4c7c65)n3)cc2)cc1.c1ccc(-c2cnc(-n3c4cccc5ccc6cc(-c7cccc8c7oc7ccccc78)cc3c6c54)c3ccccc23)cc1.c1ccc(-c2nc(-c3ccccc3)nc(-n3c4cccc5ccc6cc(-c7cccc8c7oc7ccccc78)cc3c6c54)n2)cc1. The largest absolute Gasteiger partial charge is 0.455 e. The number of rotatable bonds is 13. The van der Waals surface area contributed by atoms with Crippen LogP contribution in [0.2, 0.25) is 0 Å². The lowest BCUT2D eigenvalue weighted by Gasteiger charge is -2.14. The van der Waals surface area contributed by atoms with Crippen molar-refractivity contribution >= 4 is 174 Å². The van der Waals surface area contributed by atoms with E-state index >= 15 is 0 Å². The zero-order valence-corrected chi connectivity index (χ0v) is 79.4. The molecule has 0 fully saturated rings. The minimum Gasteiger partial charge on any atom is -0.455 e. The van der Waals surface area contributed by atoms with Gasteiger partial charge in [0.1, 0.15) is 39.3 Å². The van der Waals surface area contributed by atoms with Gasteiger partial charge in [0.05, 0.1) is 33.1 Å². The Bertz CT molecular complexity index is 10700. The standard InChI is InChI=1S/C53H32N4O.C41H24N4O.C41H24N2O/c1-3-11-33(12-4-1)35-21-26-38(27-22-35)51-54-52(39-28-23-36(24-29-39)34-13-5-2-6-14-34)56-53(55-51)57-45-19-9-15-37-25-30-40-31-41(32-46(57)49(40)48(37)45)42-17-10-18-44-43-16-7-8-20-47(43)58-50(42)44;1-3-11-26(12-4-1)39-42-40(27-13-5-2-6-14-27)44-41(43-39)45-33-19-9-15-25-21-22-28-23-29(24-34(45)37(28)36(25)33)30-17-10-18-32-31-16-7-8-20-35(31)46-38(30)32;1-2-10-25(11-3-1)34-24-42-41(33-15-5-4-13-30(33)34)43-35-18-8-12-26-20-21-27-22-28(23-36(43)39(27)38(26)35)29-16-9-17-32-31-14-6-7-19-37(31)44-40(29)32/h1-32H;1-24H;1-24H. The molecule has 0 aliphatic rings. The minimum atomic E-state index is 0.559. The van der Waals surface area contributed by atoms with Gasteiger partial charge >= 0.3 is 0 Å². The number of aromatic nitrogens is 10. The third-order valence-electron chi connectivity index (χ3n) is 29.6. The fourth-order valence-electron chi connectivity index (χ4n) is 22.8. The zero-order chi connectivity index (χ0) is 97.1. The molecule has 9 aromatic heterocycles. The molecule has 0 N–H and O–H groups in total. The lowest BCUT2D eigenvalue weighted by molar-refractivity contribution is 0.669. The molecular weight excluding hydrogens is 1810 g/mol. The van der Waals surface area contributed by atoms with E-state index in [2.05, 4.69) is 384 Å². The van der Waals surface area contributed by atoms with Crippen LogP contribution in [0.15, 0.2) is 499 Å². The fraction of sp³-hybridized carbons (Fsp3) is 0. The van der Waals surface area contributed by atoms with Gasteiger partial charge in [-0.15, -0.1) is 0 Å². The van der Waals surface area contributed by atoms with Crippen LogP contribution in [0.25, 0.3) is 304 Å². The molecule has 32 rings (SSSR count). The normalized spacial score (nSPS) is 11.9. The Morgan fingerprint density at radius 1 is 0.162 bits per heavy atom. The van der Waals surface area contributed by atoms with E-state index in [4.69, 9.17) is 48.1 Å². The summed E-state index contributed by atoms with van der Waals surface area (Å²) in [6.07, 6.45) is 2.03. The molecule has 0 radical (unpaired) electrons. The summed E-state index contributed by atoms with van der Waals surface area (Å²) in [5.74, 6) is 4.55. The van der Waals surface area contributed by atoms with Crippen molar-refractivity contribution in [2.75, 3.05) is 0 Å². The topological polar surface area (TPSA) is 144 Å². The Hall–Kier alpha value is -20.2. The van der Waals surface area contributed by atoms with Crippen LogP contribution in [0.5, 0.6) is 0 Å². The molecule has 0 saturated carbocycles. The maximum atomic E-state index is 6.55. The fourth-order valence-corrected chi connectivity index (χ4v) is 22.8. The van der Waals surface area contributed by atoms with Crippen molar-refractivity contribution in [2.45, 2.75) is 0 Å². The van der Waals surface area contributed by atoms with E-state index in [1.807, 2.05) is 115 Å². The molecule has 13 heteroatoms. The van der Waals surface area contributed by atoms with Gasteiger partial charge in [-0.1, -0.05) is 406 Å². The van der Waals surface area contributed by atoms with Gasteiger partial charge < -0.3 is 13.3 Å². The third kappa shape index (κ3) is 13.6. The second-order valence-corrected chi connectivity index (χ2v) is 38.0. The molecule has 32 aromatic rings. The van der Waals surface area contributed by atoms with Crippen molar-refractivity contribution in [1.82, 2.24) is 48.6 Å². The number of pyridine rings is 1. The monoisotopic (exact) mass is 1890 g/mol. The Morgan fingerprint density at radius 3 is 0.804 bits per heavy atom. The lowest BCUT2D eigenvalue weighted by Crippen LogP contribution is -2.06. The second kappa shape index (κ2) is 33.8. The molecule has 0 spiro atoms. The van der Waals surface area contributed by atoms with Crippen LogP contribution in [0.4, 0.5) is 0 Å². The van der Waals surface area contributed by atoms with Gasteiger partial charge in [-0.25, -0.2) is 15.0 Å². The highest BCUT2D eigenvalue weighted by atomic mass is 16.3. The summed E-state index contributed by atoms with van der Waals surface area (Å²) in [6.45, 7) is 0. The van der Waals surface area contributed by atoms with Gasteiger partial charge in [0.15, 0.2) is 23.3 Å². The number of nitrogens with zero attached hydrogens (tertiary/aromatic N) is 10. The zero-order valence-electron chi connectivity index (χ0n) is 79.4. The Labute approximate surface area is 845 Å². The smallest absolute Gasteiger partial charge is 0.238 e. The minimum absolute atomic E-state index is 0.559. The number of hydrogen-bond donors (Lipinski definition) is 0. The molecule has 13 nitrogen and oxygen atoms in total. The number of furan rings is 3. The van der Waals surface area contributed by atoms with E-state index in [1.165, 1.54) is 59.2 Å². The highest BCUT2D eigenvalue weighted by molar-refractivity contribution is 6.29. The predicted molar refractivity (Wildman–Crippen MR) is 607 cm³/mol. The molecule has 148 heavy (non-hydrogen) atoms. The Balaban J connectivity index is 0.000000104. The molecule has 688 valence electrons. The Kier molecular flexibility index (Phi) is 19.1. The van der Waals surface area contributed by atoms with Crippen LogP contribution in [-0.2, 0) is 0 Å². The first kappa shape index (κ1) is 83.6. The summed E-state index contributed by atoms with van der Waals surface area (Å²) in [7, 11) is 0. The molecule has 23 aromatic carbocycles. The van der Waals surface area contributed by atoms with Crippen molar-refractivity contribution < 1.29 is 13.3 Å². The first-order valence-electron chi connectivity index (χ1n) is 49.9. The number of hydrogen-bond acceptors (Lipinski definition) is 10. The van der Waals surface area contributed by atoms with Crippen molar-refractivity contribution in [3.05, 3.63) is 485 Å². The molecule has 0 amide bonds. The van der Waals surface area contributed by atoms with Crippen molar-refractivity contribution in [3.8, 4) is 130 Å². The number of benzene rings is 23. The maximum absolute atomic E-state index is 6.55.